The van der Waals surface area contributed by atoms with Gasteiger partial charge in [0, 0.05) is 25.1 Å². The normalized spacial score (nSPS) is 23.1. The average Bonchev–Trinajstić information content (AvgIpc) is 2.82. The summed E-state index contributed by atoms with van der Waals surface area (Å²) in [6.07, 6.45) is -1.25. The van der Waals surface area contributed by atoms with E-state index in [1.807, 2.05) is 0 Å². The minimum atomic E-state index is -4.14. The maximum atomic E-state index is 12.4. The Hall–Kier alpha value is -2.04. The minimum Gasteiger partial charge on any atom is -0.480 e. The Kier molecular flexibility index (Phi) is 3.94. The van der Waals surface area contributed by atoms with Crippen LogP contribution in [-0.4, -0.2) is 52.5 Å². The van der Waals surface area contributed by atoms with E-state index in [1.54, 1.807) is 0 Å². The van der Waals surface area contributed by atoms with Gasteiger partial charge in [-0.1, -0.05) is 0 Å². The first-order chi connectivity index (χ1) is 9.73. The van der Waals surface area contributed by atoms with Crippen LogP contribution in [0, 0.1) is 10.1 Å². The van der Waals surface area contributed by atoms with Crippen LogP contribution in [0.25, 0.3) is 0 Å². The summed E-state index contributed by atoms with van der Waals surface area (Å²) in [4.78, 5) is 20.7. The Labute approximate surface area is 119 Å². The van der Waals surface area contributed by atoms with Crippen LogP contribution in [0.15, 0.2) is 29.2 Å². The first kappa shape index (κ1) is 15.4. The maximum Gasteiger partial charge on any atom is 0.322 e. The standard InChI is InChI=1S/C11H12N2O7S/c14-8-5-10(11(15)16)12(6-8)21(19,20)9-3-1-7(2-4-9)13(17)18/h1-4,8,10,14H,5-6H2,(H,15,16)/t8-,10+/m1/s1. The van der Waals surface area contributed by atoms with Crippen LogP contribution in [-0.2, 0) is 14.8 Å². The van der Waals surface area contributed by atoms with Crippen LogP contribution in [0.5, 0.6) is 0 Å². The number of hydrogen-bond donors (Lipinski definition) is 2. The van der Waals surface area contributed by atoms with E-state index in [1.165, 1.54) is 0 Å². The van der Waals surface area contributed by atoms with Gasteiger partial charge in [0.25, 0.3) is 5.69 Å². The number of carbonyl (C=O) groups is 1. The first-order valence-electron chi connectivity index (χ1n) is 5.90. The third-order valence-corrected chi connectivity index (χ3v) is 5.06. The van der Waals surface area contributed by atoms with Crippen LogP contribution >= 0.6 is 0 Å². The van der Waals surface area contributed by atoms with Crippen molar-refractivity contribution in [2.45, 2.75) is 23.5 Å². The monoisotopic (exact) mass is 316 g/mol. The van der Waals surface area contributed by atoms with Crippen molar-refractivity contribution in [1.29, 1.82) is 0 Å². The molecule has 1 saturated heterocycles. The van der Waals surface area contributed by atoms with Crippen molar-refractivity contribution in [3.05, 3.63) is 34.4 Å². The van der Waals surface area contributed by atoms with E-state index in [2.05, 4.69) is 0 Å². The molecule has 0 amide bonds. The van der Waals surface area contributed by atoms with Crippen LogP contribution in [0.1, 0.15) is 6.42 Å². The van der Waals surface area contributed by atoms with Gasteiger partial charge in [-0.15, -0.1) is 0 Å². The van der Waals surface area contributed by atoms with E-state index >= 15 is 0 Å². The number of rotatable bonds is 4. The van der Waals surface area contributed by atoms with Gasteiger partial charge >= 0.3 is 5.97 Å². The fourth-order valence-electron chi connectivity index (χ4n) is 2.15. The molecule has 1 fully saturated rings. The molecule has 1 aliphatic rings. The van der Waals surface area contributed by atoms with Crippen molar-refractivity contribution in [1.82, 2.24) is 4.31 Å². The SMILES string of the molecule is O=C(O)[C@@H]1C[C@@H](O)CN1S(=O)(=O)c1ccc([N+](=O)[O-])cc1. The van der Waals surface area contributed by atoms with Crippen molar-refractivity contribution < 1.29 is 28.3 Å². The summed E-state index contributed by atoms with van der Waals surface area (Å²) in [7, 11) is -4.14. The van der Waals surface area contributed by atoms with E-state index in [0.717, 1.165) is 24.3 Å². The molecule has 0 bridgehead atoms. The number of carboxylic acids is 1. The Balaban J connectivity index is 2.37. The van der Waals surface area contributed by atoms with E-state index in [4.69, 9.17) is 5.11 Å². The summed E-state index contributed by atoms with van der Waals surface area (Å²) in [6.45, 7) is -0.323. The lowest BCUT2D eigenvalue weighted by Gasteiger charge is -2.20. The van der Waals surface area contributed by atoms with Gasteiger partial charge in [-0.25, -0.2) is 8.42 Å². The number of nitrogens with zero attached hydrogens (tertiary/aromatic N) is 2. The van der Waals surface area contributed by atoms with Crippen molar-refractivity contribution in [3.8, 4) is 0 Å². The zero-order valence-electron chi connectivity index (χ0n) is 10.6. The van der Waals surface area contributed by atoms with E-state index in [-0.39, 0.29) is 23.5 Å². The smallest absolute Gasteiger partial charge is 0.322 e. The number of hydrogen-bond acceptors (Lipinski definition) is 6. The highest BCUT2D eigenvalue weighted by molar-refractivity contribution is 7.89. The average molecular weight is 316 g/mol. The Morgan fingerprint density at radius 1 is 1.33 bits per heavy atom. The molecule has 21 heavy (non-hydrogen) atoms. The molecule has 1 aliphatic heterocycles. The topological polar surface area (TPSA) is 138 Å². The number of aliphatic hydroxyl groups is 1. The van der Waals surface area contributed by atoms with Crippen molar-refractivity contribution in [2.75, 3.05) is 6.54 Å². The largest absolute Gasteiger partial charge is 0.480 e. The maximum absolute atomic E-state index is 12.4. The number of aliphatic carboxylic acids is 1. The molecule has 2 N–H and O–H groups in total. The summed E-state index contributed by atoms with van der Waals surface area (Å²) in [5.74, 6) is -1.35. The molecule has 2 rings (SSSR count). The molecule has 9 nitrogen and oxygen atoms in total. The van der Waals surface area contributed by atoms with Crippen LogP contribution < -0.4 is 0 Å². The molecule has 2 atom stereocenters. The molecule has 1 heterocycles. The summed E-state index contributed by atoms with van der Waals surface area (Å²) >= 11 is 0. The quantitative estimate of drug-likeness (QED) is 0.579. The number of β-amino-alcohol motifs (C(OH)–C–C–N with tert-alkyl or cyclic N) is 1. The molecule has 114 valence electrons. The van der Waals surface area contributed by atoms with Gasteiger partial charge in [0.2, 0.25) is 10.0 Å². The second-order valence-electron chi connectivity index (χ2n) is 4.57. The Morgan fingerprint density at radius 2 is 1.90 bits per heavy atom. The number of aliphatic hydroxyl groups excluding tert-OH is 1. The van der Waals surface area contributed by atoms with Crippen molar-refractivity contribution in [3.63, 3.8) is 0 Å². The predicted molar refractivity (Wildman–Crippen MR) is 69.0 cm³/mol. The van der Waals surface area contributed by atoms with Gasteiger partial charge in [0.1, 0.15) is 6.04 Å². The summed E-state index contributed by atoms with van der Waals surface area (Å²) in [5.41, 5.74) is -0.273. The number of sulfonamides is 1. The lowest BCUT2D eigenvalue weighted by molar-refractivity contribution is -0.384. The molecule has 0 aromatic heterocycles. The molecule has 0 saturated carbocycles. The van der Waals surface area contributed by atoms with Crippen LogP contribution in [0.2, 0.25) is 0 Å². The number of nitro benzene ring substituents is 1. The molecule has 0 aliphatic carbocycles. The van der Waals surface area contributed by atoms with Crippen LogP contribution in [0.4, 0.5) is 5.69 Å². The molecule has 1 aromatic carbocycles. The third kappa shape index (κ3) is 2.86. The van der Waals surface area contributed by atoms with E-state index in [0.29, 0.717) is 4.31 Å². The van der Waals surface area contributed by atoms with Crippen molar-refractivity contribution in [2.24, 2.45) is 0 Å². The van der Waals surface area contributed by atoms with Gasteiger partial charge in [-0.3, -0.25) is 14.9 Å². The van der Waals surface area contributed by atoms with Crippen LogP contribution in [0.3, 0.4) is 0 Å². The van der Waals surface area contributed by atoms with Gasteiger partial charge in [-0.2, -0.15) is 4.31 Å². The number of nitro groups is 1. The number of non-ortho nitro benzene ring substituents is 1. The molecular weight excluding hydrogens is 304 g/mol. The number of carboxylic acid groups (broad SMARTS) is 1. The predicted octanol–water partition coefficient (Wildman–Crippen LogP) is -0.197. The highest BCUT2D eigenvalue weighted by atomic mass is 32.2. The number of benzene rings is 1. The fourth-order valence-corrected chi connectivity index (χ4v) is 3.78. The van der Waals surface area contributed by atoms with E-state index < -0.39 is 33.1 Å². The Bertz CT molecular complexity index is 670. The molecule has 0 unspecified atom stereocenters. The van der Waals surface area contributed by atoms with Gasteiger partial charge < -0.3 is 10.2 Å². The highest BCUT2D eigenvalue weighted by Crippen LogP contribution is 2.27. The fraction of sp³-hybridized carbons (Fsp3) is 0.364. The molecular formula is C11H12N2O7S. The van der Waals surface area contributed by atoms with Gasteiger partial charge in [0.15, 0.2) is 0 Å². The molecule has 0 spiro atoms. The van der Waals surface area contributed by atoms with E-state index in [9.17, 15) is 28.4 Å². The summed E-state index contributed by atoms with van der Waals surface area (Å²) < 4.78 is 25.4. The molecule has 1 aromatic rings. The lowest BCUT2D eigenvalue weighted by atomic mass is 10.2. The zero-order chi connectivity index (χ0) is 15.8. The Morgan fingerprint density at radius 3 is 2.38 bits per heavy atom. The lowest BCUT2D eigenvalue weighted by Crippen LogP contribution is -2.40. The van der Waals surface area contributed by atoms with Gasteiger partial charge in [-0.05, 0) is 12.1 Å². The first-order valence-corrected chi connectivity index (χ1v) is 7.34. The zero-order valence-corrected chi connectivity index (χ0v) is 11.4. The second kappa shape index (κ2) is 5.39. The molecule has 0 radical (unpaired) electrons. The van der Waals surface area contributed by atoms with Gasteiger partial charge in [0.05, 0.1) is 15.9 Å². The highest BCUT2D eigenvalue weighted by Gasteiger charge is 2.43. The summed E-state index contributed by atoms with van der Waals surface area (Å²) in [6, 6.07) is 2.78. The summed E-state index contributed by atoms with van der Waals surface area (Å²) in [5, 5.41) is 29.0. The molecule has 10 heteroatoms. The second-order valence-corrected chi connectivity index (χ2v) is 6.46. The minimum absolute atomic E-state index is 0.193. The van der Waals surface area contributed by atoms with Crippen molar-refractivity contribution >= 4 is 21.7 Å². The third-order valence-electron chi connectivity index (χ3n) is 3.17.